The number of likely N-dealkylation sites (N-methyl/N-ethyl adjacent to an activating group) is 1. The topological polar surface area (TPSA) is 82.8 Å². The predicted molar refractivity (Wildman–Crippen MR) is 115 cm³/mol. The largest absolute Gasteiger partial charge is 0.377 e. The summed E-state index contributed by atoms with van der Waals surface area (Å²) in [6.07, 6.45) is 1.95. The molecule has 1 saturated heterocycles. The van der Waals surface area contributed by atoms with Crippen LogP contribution in [-0.4, -0.2) is 96.5 Å². The van der Waals surface area contributed by atoms with E-state index in [1.807, 2.05) is 11.7 Å². The summed E-state index contributed by atoms with van der Waals surface area (Å²) in [6, 6.07) is 0.309. The first-order valence-electron chi connectivity index (χ1n) is 10.9. The number of rotatable bonds is 8. The first-order valence-corrected chi connectivity index (χ1v) is 10.9. The van der Waals surface area contributed by atoms with Gasteiger partial charge < -0.3 is 25.2 Å². The molecule has 0 amide bonds. The molecule has 9 heteroatoms. The minimum atomic E-state index is 0.309. The Hall–Kier alpha value is -1.71. The maximum absolute atomic E-state index is 5.15. The van der Waals surface area contributed by atoms with Gasteiger partial charge in [-0.1, -0.05) is 13.8 Å². The Bertz CT molecular complexity index is 653. The lowest BCUT2D eigenvalue weighted by Gasteiger charge is -2.35. The van der Waals surface area contributed by atoms with Gasteiger partial charge in [0.1, 0.15) is 12.4 Å². The van der Waals surface area contributed by atoms with E-state index >= 15 is 0 Å². The number of aryl methyl sites for hydroxylation is 1. The summed E-state index contributed by atoms with van der Waals surface area (Å²) in [6.45, 7) is 13.8. The van der Waals surface area contributed by atoms with E-state index in [0.29, 0.717) is 18.6 Å². The second kappa shape index (κ2) is 10.9. The highest BCUT2D eigenvalue weighted by Crippen LogP contribution is 2.13. The number of methoxy groups -OCH3 is 1. The van der Waals surface area contributed by atoms with Gasteiger partial charge >= 0.3 is 0 Å². The first kappa shape index (κ1) is 22.0. The van der Waals surface area contributed by atoms with Gasteiger partial charge in [-0.15, -0.1) is 0 Å². The molecule has 2 atom stereocenters. The predicted octanol–water partition coefficient (Wildman–Crippen LogP) is 0.178. The molecule has 164 valence electrons. The lowest BCUT2D eigenvalue weighted by molar-refractivity contribution is 0.124. The SMILES string of the molecule is CCN1CCN(CC(C)CNC(=NC)NC2CCc3nc(COC)nn3C2)CC1. The number of hydrogen-bond acceptors (Lipinski definition) is 6. The molecule has 2 aliphatic rings. The van der Waals surface area contributed by atoms with E-state index in [1.165, 1.54) is 26.2 Å². The van der Waals surface area contributed by atoms with Gasteiger partial charge in [0.15, 0.2) is 11.8 Å². The Labute approximate surface area is 174 Å². The quantitative estimate of drug-likeness (QED) is 0.471. The van der Waals surface area contributed by atoms with Gasteiger partial charge in [-0.25, -0.2) is 9.67 Å². The molecular formula is C20H38N8O. The number of nitrogens with one attached hydrogen (secondary N) is 2. The van der Waals surface area contributed by atoms with E-state index in [4.69, 9.17) is 4.74 Å². The van der Waals surface area contributed by atoms with Crippen LogP contribution < -0.4 is 10.6 Å². The molecule has 3 rings (SSSR count). The van der Waals surface area contributed by atoms with Crippen molar-refractivity contribution in [3.63, 3.8) is 0 Å². The number of hydrogen-bond donors (Lipinski definition) is 2. The Kier molecular flexibility index (Phi) is 8.26. The zero-order chi connectivity index (χ0) is 20.6. The molecule has 0 saturated carbocycles. The Balaban J connectivity index is 1.40. The summed E-state index contributed by atoms with van der Waals surface area (Å²) in [5.41, 5.74) is 0. The number of fused-ring (bicyclic) bond motifs is 1. The maximum atomic E-state index is 5.15. The monoisotopic (exact) mass is 406 g/mol. The minimum Gasteiger partial charge on any atom is -0.377 e. The Morgan fingerprint density at radius 1 is 1.28 bits per heavy atom. The van der Waals surface area contributed by atoms with Crippen molar-refractivity contribution in [2.45, 2.75) is 45.9 Å². The summed E-state index contributed by atoms with van der Waals surface area (Å²) in [7, 11) is 3.51. The molecule has 2 unspecified atom stereocenters. The van der Waals surface area contributed by atoms with Gasteiger partial charge in [0.2, 0.25) is 0 Å². The maximum Gasteiger partial charge on any atom is 0.191 e. The van der Waals surface area contributed by atoms with E-state index in [1.54, 1.807) is 7.11 Å². The number of ether oxygens (including phenoxy) is 1. The summed E-state index contributed by atoms with van der Waals surface area (Å²) < 4.78 is 7.15. The fourth-order valence-electron chi connectivity index (χ4n) is 4.12. The zero-order valence-corrected chi connectivity index (χ0v) is 18.5. The van der Waals surface area contributed by atoms with Crippen molar-refractivity contribution >= 4 is 5.96 Å². The van der Waals surface area contributed by atoms with Crippen molar-refractivity contribution in [2.75, 3.05) is 60.0 Å². The van der Waals surface area contributed by atoms with Gasteiger partial charge in [-0.3, -0.25) is 4.99 Å². The fraction of sp³-hybridized carbons (Fsp3) is 0.850. The van der Waals surface area contributed by atoms with Gasteiger partial charge in [-0.05, 0) is 18.9 Å². The van der Waals surface area contributed by atoms with Crippen LogP contribution >= 0.6 is 0 Å². The Morgan fingerprint density at radius 3 is 2.72 bits per heavy atom. The van der Waals surface area contributed by atoms with Gasteiger partial charge in [0.25, 0.3) is 0 Å². The summed E-state index contributed by atoms with van der Waals surface area (Å²) >= 11 is 0. The van der Waals surface area contributed by atoms with E-state index in [2.05, 4.69) is 49.4 Å². The summed E-state index contributed by atoms with van der Waals surface area (Å²) in [5, 5.41) is 11.6. The standard InChI is InChI=1S/C20H38N8O/c1-5-26-8-10-27(11-9-26)13-16(2)12-22-20(21-3)23-17-6-7-19-24-18(15-29-4)25-28(19)14-17/h16-17H,5-15H2,1-4H3,(H2,21,22,23). The van der Waals surface area contributed by atoms with Crippen molar-refractivity contribution < 1.29 is 4.74 Å². The van der Waals surface area contributed by atoms with Crippen molar-refractivity contribution in [3.8, 4) is 0 Å². The number of guanidine groups is 1. The van der Waals surface area contributed by atoms with Crippen LogP contribution in [0, 0.1) is 5.92 Å². The van der Waals surface area contributed by atoms with Crippen LogP contribution in [0.5, 0.6) is 0 Å². The molecule has 1 aromatic rings. The average molecular weight is 407 g/mol. The van der Waals surface area contributed by atoms with Crippen molar-refractivity contribution in [3.05, 3.63) is 11.6 Å². The molecule has 2 aliphatic heterocycles. The third-order valence-electron chi connectivity index (χ3n) is 5.84. The van der Waals surface area contributed by atoms with Crippen molar-refractivity contribution in [2.24, 2.45) is 10.9 Å². The van der Waals surface area contributed by atoms with Crippen LogP contribution in [0.3, 0.4) is 0 Å². The van der Waals surface area contributed by atoms with Crippen LogP contribution in [0.25, 0.3) is 0 Å². The molecular weight excluding hydrogens is 368 g/mol. The Morgan fingerprint density at radius 2 is 2.03 bits per heavy atom. The first-order chi connectivity index (χ1) is 14.1. The van der Waals surface area contributed by atoms with E-state index in [-0.39, 0.29) is 0 Å². The minimum absolute atomic E-state index is 0.309. The van der Waals surface area contributed by atoms with Crippen LogP contribution in [0.15, 0.2) is 4.99 Å². The fourth-order valence-corrected chi connectivity index (χ4v) is 4.12. The van der Waals surface area contributed by atoms with Crippen LogP contribution in [0.1, 0.15) is 31.9 Å². The van der Waals surface area contributed by atoms with Crippen LogP contribution in [-0.2, 0) is 24.3 Å². The number of nitrogens with zero attached hydrogens (tertiary/aromatic N) is 6. The average Bonchev–Trinajstić information content (AvgIpc) is 3.13. The summed E-state index contributed by atoms with van der Waals surface area (Å²) in [4.78, 5) is 14.1. The molecule has 0 bridgehead atoms. The number of piperazine rings is 1. The van der Waals surface area contributed by atoms with Crippen LogP contribution in [0.2, 0.25) is 0 Å². The molecule has 0 spiro atoms. The third kappa shape index (κ3) is 6.38. The second-order valence-electron chi connectivity index (χ2n) is 8.23. The summed E-state index contributed by atoms with van der Waals surface area (Å²) in [5.74, 6) is 3.26. The van der Waals surface area contributed by atoms with Crippen molar-refractivity contribution in [1.82, 2.24) is 35.2 Å². The highest BCUT2D eigenvalue weighted by atomic mass is 16.5. The third-order valence-corrected chi connectivity index (χ3v) is 5.84. The highest BCUT2D eigenvalue weighted by molar-refractivity contribution is 5.79. The smallest absolute Gasteiger partial charge is 0.191 e. The zero-order valence-electron chi connectivity index (χ0n) is 18.5. The molecule has 1 aromatic heterocycles. The van der Waals surface area contributed by atoms with Gasteiger partial charge in [-0.2, -0.15) is 5.10 Å². The van der Waals surface area contributed by atoms with E-state index in [0.717, 1.165) is 56.6 Å². The van der Waals surface area contributed by atoms with E-state index in [9.17, 15) is 0 Å². The highest BCUT2D eigenvalue weighted by Gasteiger charge is 2.23. The molecule has 3 heterocycles. The van der Waals surface area contributed by atoms with E-state index < -0.39 is 0 Å². The lowest BCUT2D eigenvalue weighted by atomic mass is 10.1. The van der Waals surface area contributed by atoms with Gasteiger partial charge in [0.05, 0.1) is 6.54 Å². The van der Waals surface area contributed by atoms with Crippen LogP contribution in [0.4, 0.5) is 0 Å². The number of aliphatic imine (C=N–C) groups is 1. The molecule has 29 heavy (non-hydrogen) atoms. The van der Waals surface area contributed by atoms with Crippen molar-refractivity contribution in [1.29, 1.82) is 0 Å². The van der Waals surface area contributed by atoms with Gasteiger partial charge in [0, 0.05) is 65.9 Å². The molecule has 1 fully saturated rings. The normalized spacial score (nSPS) is 22.3. The second-order valence-corrected chi connectivity index (χ2v) is 8.23. The molecule has 0 aromatic carbocycles. The molecule has 0 radical (unpaired) electrons. The molecule has 2 N–H and O–H groups in total. The lowest BCUT2D eigenvalue weighted by Crippen LogP contribution is -2.50. The molecule has 9 nitrogen and oxygen atoms in total. The molecule has 0 aliphatic carbocycles. The number of aromatic nitrogens is 3.